The molecule has 9 nitrogen and oxygen atoms in total. The lowest BCUT2D eigenvalue weighted by molar-refractivity contribution is -0.117. The molecule has 0 spiro atoms. The van der Waals surface area contributed by atoms with Crippen LogP contribution < -0.4 is 15.8 Å². The standard InChI is InChI=1S/C22H22N6O3/c1-13-20(22(27-31-13)30-12-17(23)18-4-2-3-8-24-18)15-7-9-28-16(10-15)11-19(26-28)25-21(29)14-5-6-14/h2-4,7-11,14,17H,5-6,12,23H2,1H3,(H,25,26,29)/t17-/m1/s1. The third-order valence-electron chi connectivity index (χ3n) is 5.25. The summed E-state index contributed by atoms with van der Waals surface area (Å²) in [4.78, 5) is 16.3. The number of aryl methyl sites for hydroxylation is 1. The number of nitrogens with one attached hydrogen (secondary N) is 1. The average Bonchev–Trinajstić information content (AvgIpc) is 3.47. The molecule has 4 aromatic heterocycles. The highest BCUT2D eigenvalue weighted by Crippen LogP contribution is 2.34. The van der Waals surface area contributed by atoms with Crippen molar-refractivity contribution < 1.29 is 14.1 Å². The average molecular weight is 418 g/mol. The van der Waals surface area contributed by atoms with E-state index < -0.39 is 0 Å². The van der Waals surface area contributed by atoms with Crippen LogP contribution in [0.1, 0.15) is 30.3 Å². The number of nitrogens with two attached hydrogens (primary N) is 1. The van der Waals surface area contributed by atoms with E-state index in [-0.39, 0.29) is 24.5 Å². The number of aromatic nitrogens is 4. The van der Waals surface area contributed by atoms with E-state index in [1.54, 1.807) is 10.7 Å². The highest BCUT2D eigenvalue weighted by molar-refractivity contribution is 5.93. The molecule has 1 amide bonds. The van der Waals surface area contributed by atoms with E-state index in [4.69, 9.17) is 15.0 Å². The smallest absolute Gasteiger partial charge is 0.262 e. The van der Waals surface area contributed by atoms with Gasteiger partial charge >= 0.3 is 0 Å². The lowest BCUT2D eigenvalue weighted by atomic mass is 10.1. The molecule has 1 aliphatic carbocycles. The molecule has 3 N–H and O–H groups in total. The number of ether oxygens (including phenoxy) is 1. The zero-order chi connectivity index (χ0) is 21.4. The third kappa shape index (κ3) is 3.99. The summed E-state index contributed by atoms with van der Waals surface area (Å²) in [5.74, 6) is 1.69. The number of nitrogens with zero attached hydrogens (tertiary/aromatic N) is 4. The summed E-state index contributed by atoms with van der Waals surface area (Å²) in [5.41, 5.74) is 9.38. The van der Waals surface area contributed by atoms with Crippen LogP contribution in [0.15, 0.2) is 53.3 Å². The fraction of sp³-hybridized carbons (Fsp3) is 0.273. The summed E-state index contributed by atoms with van der Waals surface area (Å²) in [5, 5.41) is 11.3. The van der Waals surface area contributed by atoms with Gasteiger partial charge in [-0.3, -0.25) is 9.78 Å². The molecule has 0 unspecified atom stereocenters. The third-order valence-corrected chi connectivity index (χ3v) is 5.25. The van der Waals surface area contributed by atoms with Gasteiger partial charge in [0.25, 0.3) is 5.88 Å². The molecule has 0 saturated heterocycles. The van der Waals surface area contributed by atoms with Crippen LogP contribution in [0.4, 0.5) is 5.82 Å². The van der Waals surface area contributed by atoms with Gasteiger partial charge in [0.15, 0.2) is 5.82 Å². The Bertz CT molecular complexity index is 1230. The number of carbonyl (C=O) groups excluding carboxylic acids is 1. The molecule has 4 heterocycles. The van der Waals surface area contributed by atoms with E-state index in [0.717, 1.165) is 35.2 Å². The molecule has 0 bridgehead atoms. The second kappa shape index (κ2) is 7.84. The highest BCUT2D eigenvalue weighted by atomic mass is 16.5. The number of amides is 1. The van der Waals surface area contributed by atoms with Crippen LogP contribution in [0.2, 0.25) is 0 Å². The van der Waals surface area contributed by atoms with Crippen LogP contribution in [-0.4, -0.2) is 32.3 Å². The van der Waals surface area contributed by atoms with Crippen LogP contribution in [0.25, 0.3) is 16.6 Å². The number of hydrogen-bond acceptors (Lipinski definition) is 7. The van der Waals surface area contributed by atoms with Crippen molar-refractivity contribution >= 4 is 17.2 Å². The minimum atomic E-state index is -0.388. The molecule has 1 saturated carbocycles. The van der Waals surface area contributed by atoms with Crippen molar-refractivity contribution in [1.82, 2.24) is 19.8 Å². The molecule has 0 aromatic carbocycles. The summed E-state index contributed by atoms with van der Waals surface area (Å²) < 4.78 is 13.0. The van der Waals surface area contributed by atoms with E-state index in [9.17, 15) is 4.79 Å². The molecule has 0 radical (unpaired) electrons. The monoisotopic (exact) mass is 418 g/mol. The van der Waals surface area contributed by atoms with Crippen molar-refractivity contribution in [3.05, 3.63) is 60.2 Å². The Hall–Kier alpha value is -3.72. The predicted molar refractivity (Wildman–Crippen MR) is 113 cm³/mol. The van der Waals surface area contributed by atoms with Gasteiger partial charge in [0, 0.05) is 24.4 Å². The van der Waals surface area contributed by atoms with Gasteiger partial charge in [0.2, 0.25) is 5.91 Å². The SMILES string of the molecule is Cc1onc(OC[C@@H](N)c2ccccn2)c1-c1ccn2nc(NC(=O)C3CC3)cc2c1. The Balaban J connectivity index is 1.37. The maximum atomic E-state index is 12.0. The minimum Gasteiger partial charge on any atom is -0.473 e. The number of anilines is 1. The van der Waals surface area contributed by atoms with Crippen molar-refractivity contribution in [1.29, 1.82) is 0 Å². The molecule has 9 heteroatoms. The fourth-order valence-electron chi connectivity index (χ4n) is 3.41. The van der Waals surface area contributed by atoms with E-state index in [1.807, 2.05) is 49.5 Å². The molecule has 1 fully saturated rings. The second-order valence-electron chi connectivity index (χ2n) is 7.67. The topological polar surface area (TPSA) is 121 Å². The molecule has 0 aliphatic heterocycles. The Morgan fingerprint density at radius 1 is 1.35 bits per heavy atom. The van der Waals surface area contributed by atoms with Crippen molar-refractivity contribution in [2.75, 3.05) is 11.9 Å². The Morgan fingerprint density at radius 2 is 2.23 bits per heavy atom. The number of pyridine rings is 2. The lowest BCUT2D eigenvalue weighted by Crippen LogP contribution is -2.20. The second-order valence-corrected chi connectivity index (χ2v) is 7.67. The largest absolute Gasteiger partial charge is 0.473 e. The number of rotatable bonds is 7. The molecule has 158 valence electrons. The molecule has 5 rings (SSSR count). The van der Waals surface area contributed by atoms with Gasteiger partial charge in [0.1, 0.15) is 12.4 Å². The summed E-state index contributed by atoms with van der Waals surface area (Å²) in [6, 6.07) is 10.9. The summed E-state index contributed by atoms with van der Waals surface area (Å²) >= 11 is 0. The van der Waals surface area contributed by atoms with E-state index in [1.165, 1.54) is 0 Å². The molecule has 1 atom stereocenters. The molecular weight excluding hydrogens is 396 g/mol. The first kappa shape index (κ1) is 19.3. The van der Waals surface area contributed by atoms with Gasteiger partial charge in [-0.15, -0.1) is 0 Å². The van der Waals surface area contributed by atoms with Crippen molar-refractivity contribution in [2.24, 2.45) is 11.7 Å². The van der Waals surface area contributed by atoms with E-state index in [0.29, 0.717) is 17.5 Å². The first-order valence-corrected chi connectivity index (χ1v) is 10.1. The Kier molecular flexibility index (Phi) is 4.87. The van der Waals surface area contributed by atoms with Gasteiger partial charge in [-0.2, -0.15) is 5.10 Å². The summed E-state index contributed by atoms with van der Waals surface area (Å²) in [6.07, 6.45) is 5.42. The normalized spacial score (nSPS) is 14.5. The lowest BCUT2D eigenvalue weighted by Gasteiger charge is -2.12. The minimum absolute atomic E-state index is 0.0263. The molecular formula is C22H22N6O3. The first-order chi connectivity index (χ1) is 15.1. The van der Waals surface area contributed by atoms with E-state index in [2.05, 4.69) is 20.6 Å². The number of carbonyl (C=O) groups is 1. The van der Waals surface area contributed by atoms with Crippen LogP contribution in [0.3, 0.4) is 0 Å². The summed E-state index contributed by atoms with van der Waals surface area (Å²) in [6.45, 7) is 2.04. The zero-order valence-electron chi connectivity index (χ0n) is 17.0. The van der Waals surface area contributed by atoms with Crippen LogP contribution in [-0.2, 0) is 4.79 Å². The fourth-order valence-corrected chi connectivity index (χ4v) is 3.41. The van der Waals surface area contributed by atoms with Gasteiger partial charge < -0.3 is 20.3 Å². The summed E-state index contributed by atoms with van der Waals surface area (Å²) in [7, 11) is 0. The zero-order valence-corrected chi connectivity index (χ0v) is 17.0. The van der Waals surface area contributed by atoms with Crippen molar-refractivity contribution in [3.63, 3.8) is 0 Å². The van der Waals surface area contributed by atoms with Crippen LogP contribution >= 0.6 is 0 Å². The van der Waals surface area contributed by atoms with Gasteiger partial charge in [-0.05, 0) is 54.8 Å². The van der Waals surface area contributed by atoms with Gasteiger partial charge in [-0.1, -0.05) is 6.07 Å². The molecule has 4 aromatic rings. The number of fused-ring (bicyclic) bond motifs is 1. The van der Waals surface area contributed by atoms with E-state index >= 15 is 0 Å². The van der Waals surface area contributed by atoms with Crippen LogP contribution in [0, 0.1) is 12.8 Å². The number of hydrogen-bond donors (Lipinski definition) is 2. The quantitative estimate of drug-likeness (QED) is 0.473. The molecule has 1 aliphatic rings. The Labute approximate surface area is 178 Å². The van der Waals surface area contributed by atoms with Crippen molar-refractivity contribution in [3.8, 4) is 17.0 Å². The maximum absolute atomic E-state index is 12.0. The molecule has 31 heavy (non-hydrogen) atoms. The van der Waals surface area contributed by atoms with Crippen molar-refractivity contribution in [2.45, 2.75) is 25.8 Å². The highest BCUT2D eigenvalue weighted by Gasteiger charge is 2.30. The first-order valence-electron chi connectivity index (χ1n) is 10.1. The van der Waals surface area contributed by atoms with Gasteiger partial charge in [-0.25, -0.2) is 4.52 Å². The Morgan fingerprint density at radius 3 is 3.00 bits per heavy atom. The predicted octanol–water partition coefficient (Wildman–Crippen LogP) is 3.12. The van der Waals surface area contributed by atoms with Gasteiger partial charge in [0.05, 0.1) is 22.8 Å². The maximum Gasteiger partial charge on any atom is 0.262 e. The van der Waals surface area contributed by atoms with Crippen LogP contribution in [0.5, 0.6) is 5.88 Å².